The fraction of sp³-hybridized carbons (Fsp3) is 0.562. The molecule has 1 aromatic carbocycles. The van der Waals surface area contributed by atoms with Crippen LogP contribution in [0.5, 0.6) is 0 Å². The fourth-order valence-electron chi connectivity index (χ4n) is 3.27. The van der Waals surface area contributed by atoms with E-state index in [2.05, 4.69) is 41.1 Å². The largest absolute Gasteiger partial charge is 0.371 e. The minimum Gasteiger partial charge on any atom is -0.371 e. The molecule has 1 unspecified atom stereocenters. The van der Waals surface area contributed by atoms with Crippen molar-refractivity contribution in [2.45, 2.75) is 25.7 Å². The predicted octanol–water partition coefficient (Wildman–Crippen LogP) is 2.70. The highest BCUT2D eigenvalue weighted by atomic mass is 16.1. The van der Waals surface area contributed by atoms with E-state index in [1.165, 1.54) is 17.8 Å². The number of carbonyl (C=O) groups excluding carboxylic acids is 1. The van der Waals surface area contributed by atoms with Gasteiger partial charge in [0.05, 0.1) is 11.4 Å². The standard InChI is InChI=1S/C16H22N2O/c1-17-10-11-18(15-8-4-3-7-14(15)17)12-13-6-2-5-9-16(13)19/h3-4,7-8,13H,2,5-6,9-12H2,1H3. The summed E-state index contributed by atoms with van der Waals surface area (Å²) in [5, 5.41) is 0. The second kappa shape index (κ2) is 5.24. The highest BCUT2D eigenvalue weighted by Crippen LogP contribution is 2.33. The van der Waals surface area contributed by atoms with Crippen LogP contribution in [0.4, 0.5) is 11.4 Å². The summed E-state index contributed by atoms with van der Waals surface area (Å²) < 4.78 is 0. The molecule has 3 nitrogen and oxygen atoms in total. The number of anilines is 2. The molecule has 1 saturated carbocycles. The first-order valence-electron chi connectivity index (χ1n) is 7.33. The lowest BCUT2D eigenvalue weighted by molar-refractivity contribution is -0.124. The Morgan fingerprint density at radius 1 is 1.16 bits per heavy atom. The fourth-order valence-corrected chi connectivity index (χ4v) is 3.27. The SMILES string of the molecule is CN1CCN(CC2CCCCC2=O)c2ccccc21. The lowest BCUT2D eigenvalue weighted by atomic mass is 9.87. The maximum Gasteiger partial charge on any atom is 0.137 e. The average Bonchev–Trinajstić information content (AvgIpc) is 2.44. The molecule has 1 fully saturated rings. The van der Waals surface area contributed by atoms with Gasteiger partial charge in [0.15, 0.2) is 0 Å². The molecule has 0 N–H and O–H groups in total. The Hall–Kier alpha value is -1.51. The van der Waals surface area contributed by atoms with Gasteiger partial charge in [-0.3, -0.25) is 4.79 Å². The minimum absolute atomic E-state index is 0.255. The third kappa shape index (κ3) is 2.46. The normalized spacial score (nSPS) is 23.4. The highest BCUT2D eigenvalue weighted by molar-refractivity contribution is 5.83. The van der Waals surface area contributed by atoms with Gasteiger partial charge in [-0.15, -0.1) is 0 Å². The van der Waals surface area contributed by atoms with Crippen molar-refractivity contribution in [3.8, 4) is 0 Å². The van der Waals surface area contributed by atoms with Gasteiger partial charge in [0.25, 0.3) is 0 Å². The van der Waals surface area contributed by atoms with Gasteiger partial charge < -0.3 is 9.80 Å². The van der Waals surface area contributed by atoms with Crippen molar-refractivity contribution in [1.82, 2.24) is 0 Å². The molecule has 2 aliphatic rings. The molecule has 1 aliphatic heterocycles. The van der Waals surface area contributed by atoms with Crippen molar-refractivity contribution in [3.05, 3.63) is 24.3 Å². The number of ketones is 1. The molecule has 1 aliphatic carbocycles. The van der Waals surface area contributed by atoms with Crippen molar-refractivity contribution < 1.29 is 4.79 Å². The number of nitrogens with zero attached hydrogens (tertiary/aromatic N) is 2. The van der Waals surface area contributed by atoms with Gasteiger partial charge in [-0.05, 0) is 25.0 Å². The van der Waals surface area contributed by atoms with Gasteiger partial charge in [-0.25, -0.2) is 0 Å². The van der Waals surface area contributed by atoms with Crippen LogP contribution < -0.4 is 9.80 Å². The van der Waals surface area contributed by atoms with Crippen LogP contribution in [0.1, 0.15) is 25.7 Å². The number of carbonyl (C=O) groups is 1. The molecule has 19 heavy (non-hydrogen) atoms. The zero-order chi connectivity index (χ0) is 13.2. The summed E-state index contributed by atoms with van der Waals surface area (Å²) in [6.45, 7) is 2.97. The summed E-state index contributed by atoms with van der Waals surface area (Å²) >= 11 is 0. The van der Waals surface area contributed by atoms with E-state index < -0.39 is 0 Å². The van der Waals surface area contributed by atoms with E-state index in [4.69, 9.17) is 0 Å². The van der Waals surface area contributed by atoms with Crippen LogP contribution in [-0.4, -0.2) is 32.5 Å². The molecule has 3 rings (SSSR count). The molecular weight excluding hydrogens is 236 g/mol. The lowest BCUT2D eigenvalue weighted by Gasteiger charge is -2.39. The zero-order valence-corrected chi connectivity index (χ0v) is 11.6. The summed E-state index contributed by atoms with van der Waals surface area (Å²) in [6.07, 6.45) is 4.17. The molecule has 102 valence electrons. The first kappa shape index (κ1) is 12.5. The van der Waals surface area contributed by atoms with Gasteiger partial charge in [0, 0.05) is 39.0 Å². The van der Waals surface area contributed by atoms with Crippen LogP contribution in [0.2, 0.25) is 0 Å². The van der Waals surface area contributed by atoms with E-state index in [9.17, 15) is 4.79 Å². The molecule has 0 saturated heterocycles. The predicted molar refractivity (Wildman–Crippen MR) is 78.9 cm³/mol. The van der Waals surface area contributed by atoms with Gasteiger partial charge in [-0.1, -0.05) is 18.6 Å². The number of fused-ring (bicyclic) bond motifs is 1. The second-order valence-electron chi connectivity index (χ2n) is 5.77. The smallest absolute Gasteiger partial charge is 0.137 e. The quantitative estimate of drug-likeness (QED) is 0.815. The molecule has 1 aromatic rings. The van der Waals surface area contributed by atoms with Crippen molar-refractivity contribution in [1.29, 1.82) is 0 Å². The summed E-state index contributed by atoms with van der Waals surface area (Å²) in [4.78, 5) is 16.7. The van der Waals surface area contributed by atoms with Crippen molar-refractivity contribution in [2.75, 3.05) is 36.5 Å². The van der Waals surface area contributed by atoms with E-state index in [0.717, 1.165) is 38.9 Å². The van der Waals surface area contributed by atoms with E-state index in [0.29, 0.717) is 5.78 Å². The first-order valence-corrected chi connectivity index (χ1v) is 7.33. The Morgan fingerprint density at radius 2 is 1.95 bits per heavy atom. The molecule has 0 spiro atoms. The van der Waals surface area contributed by atoms with Gasteiger partial charge >= 0.3 is 0 Å². The van der Waals surface area contributed by atoms with Gasteiger partial charge in [0.1, 0.15) is 5.78 Å². The molecule has 0 aromatic heterocycles. The Kier molecular flexibility index (Phi) is 3.45. The monoisotopic (exact) mass is 258 g/mol. The molecule has 1 atom stereocenters. The maximum absolute atomic E-state index is 12.0. The van der Waals surface area contributed by atoms with E-state index in [-0.39, 0.29) is 5.92 Å². The molecule has 0 radical (unpaired) electrons. The Bertz CT molecular complexity index is 472. The van der Waals surface area contributed by atoms with Crippen LogP contribution in [0, 0.1) is 5.92 Å². The third-order valence-electron chi connectivity index (χ3n) is 4.46. The zero-order valence-electron chi connectivity index (χ0n) is 11.6. The highest BCUT2D eigenvalue weighted by Gasteiger charge is 2.27. The first-order chi connectivity index (χ1) is 9.25. The van der Waals surface area contributed by atoms with Crippen molar-refractivity contribution in [2.24, 2.45) is 5.92 Å². The lowest BCUT2D eigenvalue weighted by Crippen LogP contribution is -2.43. The maximum atomic E-state index is 12.0. The molecular formula is C16H22N2O. The number of Topliss-reactive ketones (excluding diaryl/α,β-unsaturated/α-hetero) is 1. The number of para-hydroxylation sites is 2. The van der Waals surface area contributed by atoms with Crippen LogP contribution in [0.3, 0.4) is 0 Å². The van der Waals surface area contributed by atoms with Crippen molar-refractivity contribution >= 4 is 17.2 Å². The summed E-state index contributed by atoms with van der Waals surface area (Å²) in [7, 11) is 2.14. The molecule has 0 amide bonds. The number of likely N-dealkylation sites (N-methyl/N-ethyl adjacent to an activating group) is 1. The van der Waals surface area contributed by atoms with Crippen LogP contribution in [0.25, 0.3) is 0 Å². The number of hydrogen-bond donors (Lipinski definition) is 0. The van der Waals surface area contributed by atoms with Crippen LogP contribution >= 0.6 is 0 Å². The van der Waals surface area contributed by atoms with E-state index >= 15 is 0 Å². The third-order valence-corrected chi connectivity index (χ3v) is 4.46. The van der Waals surface area contributed by atoms with E-state index in [1.807, 2.05) is 0 Å². The van der Waals surface area contributed by atoms with Crippen LogP contribution in [0.15, 0.2) is 24.3 Å². The summed E-state index contributed by atoms with van der Waals surface area (Å²) in [5.41, 5.74) is 2.58. The molecule has 1 heterocycles. The van der Waals surface area contributed by atoms with Gasteiger partial charge in [-0.2, -0.15) is 0 Å². The summed E-state index contributed by atoms with van der Waals surface area (Å²) in [5.74, 6) is 0.730. The molecule has 3 heteroatoms. The minimum atomic E-state index is 0.255. The average molecular weight is 258 g/mol. The number of benzene rings is 1. The Morgan fingerprint density at radius 3 is 2.74 bits per heavy atom. The molecule has 0 bridgehead atoms. The second-order valence-corrected chi connectivity index (χ2v) is 5.77. The Labute approximate surface area is 115 Å². The topological polar surface area (TPSA) is 23.6 Å². The number of hydrogen-bond acceptors (Lipinski definition) is 3. The van der Waals surface area contributed by atoms with Crippen LogP contribution in [-0.2, 0) is 4.79 Å². The number of rotatable bonds is 2. The van der Waals surface area contributed by atoms with E-state index in [1.54, 1.807) is 0 Å². The van der Waals surface area contributed by atoms with Gasteiger partial charge in [0.2, 0.25) is 0 Å². The summed E-state index contributed by atoms with van der Waals surface area (Å²) in [6, 6.07) is 8.53. The van der Waals surface area contributed by atoms with Crippen molar-refractivity contribution in [3.63, 3.8) is 0 Å². The Balaban J connectivity index is 1.79.